The van der Waals surface area contributed by atoms with Gasteiger partial charge in [-0.1, -0.05) is 83.9 Å². The van der Waals surface area contributed by atoms with Crippen molar-refractivity contribution >= 4 is 56.4 Å². The largest absolute Gasteiger partial charge is 0.345 e. The Hall–Kier alpha value is -3.85. The van der Waals surface area contributed by atoms with Crippen molar-refractivity contribution in [3.8, 4) is 0 Å². The highest BCUT2D eigenvalue weighted by molar-refractivity contribution is 7.92. The molecule has 0 fully saturated rings. The number of hydrogen-bond donors (Lipinski definition) is 2. The van der Waals surface area contributed by atoms with Gasteiger partial charge in [0.2, 0.25) is 5.91 Å². The summed E-state index contributed by atoms with van der Waals surface area (Å²) in [5.41, 5.74) is 1.56. The number of nitrogens with zero attached hydrogens (tertiary/aromatic N) is 1. The van der Waals surface area contributed by atoms with Gasteiger partial charge in [0.1, 0.15) is 6.54 Å². The lowest BCUT2D eigenvalue weighted by Gasteiger charge is -2.24. The molecule has 0 aliphatic heterocycles. The van der Waals surface area contributed by atoms with E-state index < -0.39 is 22.5 Å². The fourth-order valence-electron chi connectivity index (χ4n) is 3.88. The standard InChI is InChI=1S/C29H25Cl2N3O4S/c1-20(21-10-4-2-5-11-21)32-29(36)24-14-8-9-15-27(24)33-28(35)19-34(22-16-17-25(30)26(31)18-22)39(37,38)23-12-6-3-7-13-23/h2-18,20H,19H2,1H3,(H,32,36)(H,33,35)/t20-/m0/s1. The van der Waals surface area contributed by atoms with Gasteiger partial charge in [-0.3, -0.25) is 13.9 Å². The summed E-state index contributed by atoms with van der Waals surface area (Å²) in [6.07, 6.45) is 0. The number of anilines is 2. The zero-order valence-electron chi connectivity index (χ0n) is 20.8. The molecule has 0 radical (unpaired) electrons. The Morgan fingerprint density at radius 2 is 1.44 bits per heavy atom. The number of para-hydroxylation sites is 1. The molecule has 0 spiro atoms. The van der Waals surface area contributed by atoms with Crippen molar-refractivity contribution in [2.75, 3.05) is 16.2 Å². The highest BCUT2D eigenvalue weighted by Crippen LogP contribution is 2.30. The van der Waals surface area contributed by atoms with Gasteiger partial charge in [-0.05, 0) is 55.0 Å². The minimum absolute atomic E-state index is 0.00134. The van der Waals surface area contributed by atoms with Crippen molar-refractivity contribution in [2.45, 2.75) is 17.9 Å². The van der Waals surface area contributed by atoms with E-state index in [1.54, 1.807) is 42.5 Å². The van der Waals surface area contributed by atoms with E-state index in [4.69, 9.17) is 23.2 Å². The van der Waals surface area contributed by atoms with Crippen molar-refractivity contribution in [1.82, 2.24) is 5.32 Å². The van der Waals surface area contributed by atoms with Crippen LogP contribution in [0.5, 0.6) is 0 Å². The Bertz CT molecular complexity index is 1580. The molecular formula is C29H25Cl2N3O4S. The Labute approximate surface area is 237 Å². The van der Waals surface area contributed by atoms with Crippen LogP contribution in [0.4, 0.5) is 11.4 Å². The number of carbonyl (C=O) groups excluding carboxylic acids is 2. The van der Waals surface area contributed by atoms with E-state index in [0.29, 0.717) is 0 Å². The predicted octanol–water partition coefficient (Wildman–Crippen LogP) is 6.32. The number of benzene rings is 4. The summed E-state index contributed by atoms with van der Waals surface area (Å²) in [5, 5.41) is 5.99. The SMILES string of the molecule is C[C@H](NC(=O)c1ccccc1NC(=O)CN(c1ccc(Cl)c(Cl)c1)S(=O)(=O)c1ccccc1)c1ccccc1. The Kier molecular flexibility index (Phi) is 8.91. The van der Waals surface area contributed by atoms with E-state index in [0.717, 1.165) is 9.87 Å². The number of carbonyl (C=O) groups is 2. The quantitative estimate of drug-likeness (QED) is 0.242. The Morgan fingerprint density at radius 3 is 2.10 bits per heavy atom. The molecule has 4 rings (SSSR count). The van der Waals surface area contributed by atoms with Crippen molar-refractivity contribution in [2.24, 2.45) is 0 Å². The highest BCUT2D eigenvalue weighted by Gasteiger charge is 2.28. The smallest absolute Gasteiger partial charge is 0.264 e. The van der Waals surface area contributed by atoms with Crippen LogP contribution in [-0.4, -0.2) is 26.8 Å². The molecule has 10 heteroatoms. The fourth-order valence-corrected chi connectivity index (χ4v) is 5.61. The van der Waals surface area contributed by atoms with Crippen LogP contribution in [0.2, 0.25) is 10.0 Å². The first-order valence-electron chi connectivity index (χ1n) is 11.9. The van der Waals surface area contributed by atoms with Gasteiger partial charge >= 0.3 is 0 Å². The molecule has 39 heavy (non-hydrogen) atoms. The van der Waals surface area contributed by atoms with Crippen LogP contribution in [0.3, 0.4) is 0 Å². The summed E-state index contributed by atoms with van der Waals surface area (Å²) < 4.78 is 28.1. The number of nitrogens with one attached hydrogen (secondary N) is 2. The molecule has 0 aliphatic carbocycles. The molecule has 0 saturated heterocycles. The van der Waals surface area contributed by atoms with Gasteiger partial charge in [0.25, 0.3) is 15.9 Å². The monoisotopic (exact) mass is 581 g/mol. The molecule has 0 aromatic heterocycles. The van der Waals surface area contributed by atoms with Crippen LogP contribution >= 0.6 is 23.2 Å². The maximum Gasteiger partial charge on any atom is 0.264 e. The molecule has 0 heterocycles. The van der Waals surface area contributed by atoms with Crippen molar-refractivity contribution in [1.29, 1.82) is 0 Å². The third kappa shape index (κ3) is 6.78. The topological polar surface area (TPSA) is 95.6 Å². The maximum atomic E-state index is 13.6. The van der Waals surface area contributed by atoms with Crippen LogP contribution in [0.25, 0.3) is 0 Å². The molecule has 2 amide bonds. The lowest BCUT2D eigenvalue weighted by Crippen LogP contribution is -2.38. The van der Waals surface area contributed by atoms with E-state index >= 15 is 0 Å². The molecule has 0 bridgehead atoms. The molecule has 200 valence electrons. The zero-order chi connectivity index (χ0) is 28.0. The third-order valence-electron chi connectivity index (χ3n) is 5.90. The first-order chi connectivity index (χ1) is 18.7. The van der Waals surface area contributed by atoms with Gasteiger partial charge in [0.05, 0.1) is 37.9 Å². The number of rotatable bonds is 9. The van der Waals surface area contributed by atoms with Gasteiger partial charge in [0, 0.05) is 0 Å². The molecule has 0 aliphatic rings. The predicted molar refractivity (Wildman–Crippen MR) is 155 cm³/mol. The van der Waals surface area contributed by atoms with E-state index in [2.05, 4.69) is 10.6 Å². The van der Waals surface area contributed by atoms with Crippen LogP contribution in [0, 0.1) is 0 Å². The minimum atomic E-state index is -4.15. The lowest BCUT2D eigenvalue weighted by atomic mass is 10.1. The van der Waals surface area contributed by atoms with Gasteiger partial charge < -0.3 is 10.6 Å². The molecule has 2 N–H and O–H groups in total. The van der Waals surface area contributed by atoms with E-state index in [-0.39, 0.29) is 43.8 Å². The number of sulfonamides is 1. The molecular weight excluding hydrogens is 557 g/mol. The molecule has 7 nitrogen and oxygen atoms in total. The van der Waals surface area contributed by atoms with E-state index in [9.17, 15) is 18.0 Å². The second kappa shape index (κ2) is 12.3. The highest BCUT2D eigenvalue weighted by atomic mass is 35.5. The van der Waals surface area contributed by atoms with Gasteiger partial charge in [-0.15, -0.1) is 0 Å². The second-order valence-corrected chi connectivity index (χ2v) is 11.3. The summed E-state index contributed by atoms with van der Waals surface area (Å²) in [6, 6.07) is 27.8. The van der Waals surface area contributed by atoms with Crippen molar-refractivity contribution in [3.05, 3.63) is 124 Å². The molecule has 0 unspecified atom stereocenters. The van der Waals surface area contributed by atoms with E-state index in [1.807, 2.05) is 37.3 Å². The summed E-state index contributed by atoms with van der Waals surface area (Å²) >= 11 is 12.2. The molecule has 0 saturated carbocycles. The average molecular weight is 583 g/mol. The average Bonchev–Trinajstić information content (AvgIpc) is 2.94. The second-order valence-electron chi connectivity index (χ2n) is 8.62. The van der Waals surface area contributed by atoms with Crippen LogP contribution in [0.15, 0.2) is 108 Å². The first kappa shape index (κ1) is 28.2. The van der Waals surface area contributed by atoms with Gasteiger partial charge in [0.15, 0.2) is 0 Å². The summed E-state index contributed by atoms with van der Waals surface area (Å²) in [7, 11) is -4.15. The van der Waals surface area contributed by atoms with Crippen LogP contribution in [-0.2, 0) is 14.8 Å². The lowest BCUT2D eigenvalue weighted by molar-refractivity contribution is -0.114. The first-order valence-corrected chi connectivity index (χ1v) is 14.1. The Morgan fingerprint density at radius 1 is 0.821 bits per heavy atom. The van der Waals surface area contributed by atoms with Gasteiger partial charge in [-0.2, -0.15) is 0 Å². The van der Waals surface area contributed by atoms with Crippen molar-refractivity contribution < 1.29 is 18.0 Å². The minimum Gasteiger partial charge on any atom is -0.345 e. The van der Waals surface area contributed by atoms with Crippen LogP contribution < -0.4 is 14.9 Å². The summed E-state index contributed by atoms with van der Waals surface area (Å²) in [4.78, 5) is 26.3. The fraction of sp³-hybridized carbons (Fsp3) is 0.103. The third-order valence-corrected chi connectivity index (χ3v) is 8.43. The maximum absolute atomic E-state index is 13.6. The Balaban J connectivity index is 1.59. The normalized spacial score (nSPS) is 11.9. The van der Waals surface area contributed by atoms with Crippen molar-refractivity contribution in [3.63, 3.8) is 0 Å². The van der Waals surface area contributed by atoms with E-state index in [1.165, 1.54) is 30.3 Å². The zero-order valence-corrected chi connectivity index (χ0v) is 23.2. The molecule has 4 aromatic carbocycles. The number of hydrogen-bond acceptors (Lipinski definition) is 4. The summed E-state index contributed by atoms with van der Waals surface area (Å²) in [6.45, 7) is 1.28. The van der Waals surface area contributed by atoms with Crippen LogP contribution in [0.1, 0.15) is 28.9 Å². The molecule has 1 atom stereocenters. The van der Waals surface area contributed by atoms with Gasteiger partial charge in [-0.25, -0.2) is 8.42 Å². The summed E-state index contributed by atoms with van der Waals surface area (Å²) in [5.74, 6) is -1.04. The number of amides is 2. The number of halogens is 2. The molecule has 4 aromatic rings.